The molecule has 1 amide bonds. The Bertz CT molecular complexity index is 836. The van der Waals surface area contributed by atoms with Gasteiger partial charge in [-0.15, -0.1) is 11.3 Å². The number of hydrogen-bond acceptors (Lipinski definition) is 4. The summed E-state index contributed by atoms with van der Waals surface area (Å²) in [4.78, 5) is 18.8. The largest absolute Gasteiger partial charge is 0.378 e. The van der Waals surface area contributed by atoms with Crippen LogP contribution in [0.15, 0.2) is 53.9 Å². The second-order valence-corrected chi connectivity index (χ2v) is 6.79. The third kappa shape index (κ3) is 3.63. The molecular weight excluding hydrogens is 318 g/mol. The Morgan fingerprint density at radius 2 is 1.71 bits per heavy atom. The molecule has 0 aliphatic carbocycles. The van der Waals surface area contributed by atoms with Gasteiger partial charge in [0.25, 0.3) is 5.91 Å². The Hall–Kier alpha value is -2.66. The Morgan fingerprint density at radius 1 is 1.04 bits per heavy atom. The van der Waals surface area contributed by atoms with Crippen LogP contribution in [0.3, 0.4) is 0 Å². The van der Waals surface area contributed by atoms with Gasteiger partial charge < -0.3 is 10.2 Å². The molecule has 4 nitrogen and oxygen atoms in total. The quantitative estimate of drug-likeness (QED) is 0.765. The van der Waals surface area contributed by atoms with E-state index in [9.17, 15) is 4.79 Å². The van der Waals surface area contributed by atoms with Crippen LogP contribution in [0, 0.1) is 6.92 Å². The van der Waals surface area contributed by atoms with E-state index in [1.54, 1.807) is 11.3 Å². The molecule has 0 radical (unpaired) electrons. The number of nitrogens with zero attached hydrogens (tertiary/aromatic N) is 2. The highest BCUT2D eigenvalue weighted by atomic mass is 32.1. The zero-order valence-corrected chi connectivity index (χ0v) is 14.7. The Kier molecular flexibility index (Phi) is 4.62. The zero-order chi connectivity index (χ0) is 17.1. The van der Waals surface area contributed by atoms with Crippen LogP contribution < -0.4 is 10.2 Å². The van der Waals surface area contributed by atoms with Gasteiger partial charge in [-0.3, -0.25) is 4.79 Å². The standard InChI is InChI=1S/C19H19N3OS/c1-13-20-18(12-24-13)14-4-8-16(9-5-14)21-19(23)15-6-10-17(11-7-15)22(2)3/h4-12H,1-3H3,(H,21,23). The van der Waals surface area contributed by atoms with E-state index >= 15 is 0 Å². The van der Waals surface area contributed by atoms with E-state index < -0.39 is 0 Å². The Labute approximate surface area is 145 Å². The van der Waals surface area contributed by atoms with Gasteiger partial charge in [-0.1, -0.05) is 12.1 Å². The number of carbonyl (C=O) groups excluding carboxylic acids is 1. The van der Waals surface area contributed by atoms with E-state index in [2.05, 4.69) is 10.3 Å². The predicted molar refractivity (Wildman–Crippen MR) is 101 cm³/mol. The number of aryl methyl sites for hydroxylation is 1. The molecule has 1 aromatic heterocycles. The van der Waals surface area contributed by atoms with Crippen molar-refractivity contribution >= 4 is 28.6 Å². The summed E-state index contributed by atoms with van der Waals surface area (Å²) in [6, 6.07) is 15.3. The molecule has 3 aromatic rings. The van der Waals surface area contributed by atoms with Crippen LogP contribution in [-0.2, 0) is 0 Å². The number of amides is 1. The molecule has 5 heteroatoms. The molecule has 0 saturated carbocycles. The van der Waals surface area contributed by atoms with Gasteiger partial charge in [0.2, 0.25) is 0 Å². The first kappa shape index (κ1) is 16.2. The van der Waals surface area contributed by atoms with E-state index in [1.807, 2.05) is 79.8 Å². The number of aromatic nitrogens is 1. The number of rotatable bonds is 4. The van der Waals surface area contributed by atoms with Gasteiger partial charge in [0.15, 0.2) is 0 Å². The van der Waals surface area contributed by atoms with Crippen LogP contribution in [0.25, 0.3) is 11.3 Å². The molecule has 3 rings (SSSR count). The van der Waals surface area contributed by atoms with Gasteiger partial charge in [0.1, 0.15) is 0 Å². The fourth-order valence-corrected chi connectivity index (χ4v) is 2.96. The summed E-state index contributed by atoms with van der Waals surface area (Å²) in [5.41, 5.74) is 4.49. The SMILES string of the molecule is Cc1nc(-c2ccc(NC(=O)c3ccc(N(C)C)cc3)cc2)cs1. The minimum Gasteiger partial charge on any atom is -0.378 e. The average Bonchev–Trinajstić information content (AvgIpc) is 3.02. The molecule has 24 heavy (non-hydrogen) atoms. The summed E-state index contributed by atoms with van der Waals surface area (Å²) in [7, 11) is 3.95. The molecule has 0 bridgehead atoms. The predicted octanol–water partition coefficient (Wildman–Crippen LogP) is 4.44. The number of anilines is 2. The maximum Gasteiger partial charge on any atom is 0.255 e. The lowest BCUT2D eigenvalue weighted by molar-refractivity contribution is 0.102. The van der Waals surface area contributed by atoms with Crippen molar-refractivity contribution in [1.82, 2.24) is 4.98 Å². The highest BCUT2D eigenvalue weighted by molar-refractivity contribution is 7.09. The van der Waals surface area contributed by atoms with Crippen molar-refractivity contribution in [2.24, 2.45) is 0 Å². The van der Waals surface area contributed by atoms with Crippen molar-refractivity contribution in [3.63, 3.8) is 0 Å². The Morgan fingerprint density at radius 3 is 2.25 bits per heavy atom. The highest BCUT2D eigenvalue weighted by Crippen LogP contribution is 2.23. The fraction of sp³-hybridized carbons (Fsp3) is 0.158. The first-order valence-electron chi connectivity index (χ1n) is 7.64. The van der Waals surface area contributed by atoms with E-state index in [0.717, 1.165) is 27.6 Å². The molecule has 0 aliphatic heterocycles. The van der Waals surface area contributed by atoms with Crippen molar-refractivity contribution in [1.29, 1.82) is 0 Å². The smallest absolute Gasteiger partial charge is 0.255 e. The van der Waals surface area contributed by atoms with Crippen molar-refractivity contribution in [3.8, 4) is 11.3 Å². The highest BCUT2D eigenvalue weighted by Gasteiger charge is 2.07. The van der Waals surface area contributed by atoms with E-state index in [0.29, 0.717) is 5.56 Å². The topological polar surface area (TPSA) is 45.2 Å². The number of thiazole rings is 1. The van der Waals surface area contributed by atoms with Crippen LogP contribution in [0.5, 0.6) is 0 Å². The molecule has 0 aliphatic rings. The zero-order valence-electron chi connectivity index (χ0n) is 13.9. The summed E-state index contributed by atoms with van der Waals surface area (Å²) < 4.78 is 0. The minimum absolute atomic E-state index is 0.113. The molecule has 0 unspecified atom stereocenters. The summed E-state index contributed by atoms with van der Waals surface area (Å²) in [5, 5.41) is 6.00. The molecule has 1 N–H and O–H groups in total. The summed E-state index contributed by atoms with van der Waals surface area (Å²) in [6.07, 6.45) is 0. The van der Waals surface area contributed by atoms with Gasteiger partial charge >= 0.3 is 0 Å². The molecular formula is C19H19N3OS. The normalized spacial score (nSPS) is 10.5. The van der Waals surface area contributed by atoms with Gasteiger partial charge in [-0.25, -0.2) is 4.98 Å². The molecule has 122 valence electrons. The van der Waals surface area contributed by atoms with E-state index in [4.69, 9.17) is 0 Å². The first-order chi connectivity index (χ1) is 11.5. The van der Waals surface area contributed by atoms with E-state index in [-0.39, 0.29) is 5.91 Å². The van der Waals surface area contributed by atoms with Crippen LogP contribution in [0.4, 0.5) is 11.4 Å². The van der Waals surface area contributed by atoms with Crippen molar-refractivity contribution < 1.29 is 4.79 Å². The first-order valence-corrected chi connectivity index (χ1v) is 8.52. The van der Waals surface area contributed by atoms with Crippen LogP contribution >= 0.6 is 11.3 Å². The summed E-state index contributed by atoms with van der Waals surface area (Å²) in [5.74, 6) is -0.113. The molecule has 1 heterocycles. The van der Waals surface area contributed by atoms with Crippen molar-refractivity contribution in [3.05, 3.63) is 64.5 Å². The lowest BCUT2D eigenvalue weighted by atomic mass is 10.1. The van der Waals surface area contributed by atoms with Gasteiger partial charge in [0.05, 0.1) is 10.7 Å². The Balaban J connectivity index is 1.70. The van der Waals surface area contributed by atoms with Crippen LogP contribution in [0.2, 0.25) is 0 Å². The van der Waals surface area contributed by atoms with Crippen LogP contribution in [0.1, 0.15) is 15.4 Å². The second-order valence-electron chi connectivity index (χ2n) is 5.72. The number of benzene rings is 2. The maximum absolute atomic E-state index is 12.3. The third-order valence-corrected chi connectivity index (χ3v) is 4.48. The summed E-state index contributed by atoms with van der Waals surface area (Å²) in [6.45, 7) is 1.99. The lowest BCUT2D eigenvalue weighted by Gasteiger charge is -2.12. The molecule has 0 saturated heterocycles. The maximum atomic E-state index is 12.3. The van der Waals surface area contributed by atoms with Crippen molar-refractivity contribution in [2.45, 2.75) is 6.92 Å². The van der Waals surface area contributed by atoms with Crippen molar-refractivity contribution in [2.75, 3.05) is 24.3 Å². The minimum atomic E-state index is -0.113. The number of carbonyl (C=O) groups is 1. The number of hydrogen-bond donors (Lipinski definition) is 1. The second kappa shape index (κ2) is 6.84. The van der Waals surface area contributed by atoms with Crippen LogP contribution in [-0.4, -0.2) is 25.0 Å². The van der Waals surface area contributed by atoms with Gasteiger partial charge in [-0.2, -0.15) is 0 Å². The average molecular weight is 337 g/mol. The van der Waals surface area contributed by atoms with E-state index in [1.165, 1.54) is 0 Å². The number of nitrogens with one attached hydrogen (secondary N) is 1. The van der Waals surface area contributed by atoms with Gasteiger partial charge in [0, 0.05) is 42.0 Å². The fourth-order valence-electron chi connectivity index (χ4n) is 2.33. The summed E-state index contributed by atoms with van der Waals surface area (Å²) >= 11 is 1.63. The lowest BCUT2D eigenvalue weighted by Crippen LogP contribution is -2.13. The molecule has 0 fully saturated rings. The molecule has 2 aromatic carbocycles. The third-order valence-electron chi connectivity index (χ3n) is 3.70. The molecule has 0 spiro atoms. The van der Waals surface area contributed by atoms with Gasteiger partial charge in [-0.05, 0) is 43.3 Å². The monoisotopic (exact) mass is 337 g/mol. The molecule has 0 atom stereocenters.